The van der Waals surface area contributed by atoms with E-state index in [2.05, 4.69) is 32.0 Å². The van der Waals surface area contributed by atoms with Gasteiger partial charge >= 0.3 is 0 Å². The molecular formula is C12H16O2. The van der Waals surface area contributed by atoms with Crippen LogP contribution in [-0.4, -0.2) is 13.2 Å². The lowest BCUT2D eigenvalue weighted by Gasteiger charge is -2.26. The molecule has 1 aliphatic heterocycles. The summed E-state index contributed by atoms with van der Waals surface area (Å²) in [5.74, 6) is -0.480. The van der Waals surface area contributed by atoms with Gasteiger partial charge in [0.25, 0.3) is 0 Å². The molecule has 1 aromatic rings. The second kappa shape index (κ2) is 3.71. The minimum atomic E-state index is -0.480. The molecule has 14 heavy (non-hydrogen) atoms. The van der Waals surface area contributed by atoms with Gasteiger partial charge in [-0.25, -0.2) is 0 Å². The summed E-state index contributed by atoms with van der Waals surface area (Å²) in [4.78, 5) is 0. The monoisotopic (exact) mass is 192 g/mol. The van der Waals surface area contributed by atoms with Crippen LogP contribution in [0.15, 0.2) is 24.3 Å². The summed E-state index contributed by atoms with van der Waals surface area (Å²) >= 11 is 0. The first-order valence-electron chi connectivity index (χ1n) is 5.12. The van der Waals surface area contributed by atoms with Crippen LogP contribution in [0.2, 0.25) is 0 Å². The Hall–Kier alpha value is -0.860. The predicted octanol–water partition coefficient (Wildman–Crippen LogP) is 2.60. The maximum absolute atomic E-state index is 5.71. The van der Waals surface area contributed by atoms with Crippen molar-refractivity contribution in [1.29, 1.82) is 0 Å². The van der Waals surface area contributed by atoms with Gasteiger partial charge in [-0.15, -0.1) is 0 Å². The lowest BCUT2D eigenvalue weighted by molar-refractivity contribution is -0.167. The van der Waals surface area contributed by atoms with E-state index in [1.54, 1.807) is 0 Å². The van der Waals surface area contributed by atoms with Crippen molar-refractivity contribution in [2.45, 2.75) is 26.1 Å². The molecule has 1 aliphatic rings. The fraction of sp³-hybridized carbons (Fsp3) is 0.500. The molecule has 0 amide bonds. The summed E-state index contributed by atoms with van der Waals surface area (Å²) in [6.45, 7) is 5.57. The molecule has 0 N–H and O–H groups in total. The van der Waals surface area contributed by atoms with Crippen LogP contribution in [-0.2, 0) is 15.3 Å². The molecule has 2 nitrogen and oxygen atoms in total. The predicted molar refractivity (Wildman–Crippen MR) is 55.1 cm³/mol. The zero-order valence-electron chi connectivity index (χ0n) is 8.75. The third-order valence-corrected chi connectivity index (χ3v) is 2.68. The number of hydrogen-bond donors (Lipinski definition) is 0. The van der Waals surface area contributed by atoms with E-state index in [0.29, 0.717) is 13.2 Å². The van der Waals surface area contributed by atoms with Gasteiger partial charge in [0.05, 0.1) is 13.2 Å². The standard InChI is InChI=1S/C12H16O2/c1-3-12(13-7-8-14-12)11-6-4-5-10(2)9-11/h4-6,9H,3,7-8H2,1-2H3. The molecular weight excluding hydrogens is 176 g/mol. The Morgan fingerprint density at radius 3 is 2.57 bits per heavy atom. The molecule has 1 heterocycles. The van der Waals surface area contributed by atoms with Crippen molar-refractivity contribution in [3.8, 4) is 0 Å². The Balaban J connectivity index is 2.35. The summed E-state index contributed by atoms with van der Waals surface area (Å²) in [5.41, 5.74) is 2.38. The van der Waals surface area contributed by atoms with Crippen molar-refractivity contribution in [2.24, 2.45) is 0 Å². The fourth-order valence-electron chi connectivity index (χ4n) is 1.91. The zero-order valence-corrected chi connectivity index (χ0v) is 8.75. The van der Waals surface area contributed by atoms with Crippen LogP contribution in [0.5, 0.6) is 0 Å². The highest BCUT2D eigenvalue weighted by Gasteiger charge is 2.36. The van der Waals surface area contributed by atoms with Crippen LogP contribution in [0.4, 0.5) is 0 Å². The Morgan fingerprint density at radius 1 is 1.29 bits per heavy atom. The van der Waals surface area contributed by atoms with Crippen LogP contribution < -0.4 is 0 Å². The first-order valence-corrected chi connectivity index (χ1v) is 5.12. The minimum Gasteiger partial charge on any atom is -0.343 e. The summed E-state index contributed by atoms with van der Waals surface area (Å²) in [5, 5.41) is 0. The molecule has 2 heteroatoms. The molecule has 0 bridgehead atoms. The highest BCUT2D eigenvalue weighted by molar-refractivity contribution is 5.26. The van der Waals surface area contributed by atoms with Crippen molar-refractivity contribution >= 4 is 0 Å². The lowest BCUT2D eigenvalue weighted by atomic mass is 10.0. The van der Waals surface area contributed by atoms with Gasteiger partial charge in [0.2, 0.25) is 0 Å². The summed E-state index contributed by atoms with van der Waals surface area (Å²) in [7, 11) is 0. The van der Waals surface area contributed by atoms with E-state index in [9.17, 15) is 0 Å². The number of ether oxygens (including phenoxy) is 2. The molecule has 0 radical (unpaired) electrons. The Kier molecular flexibility index (Phi) is 2.57. The van der Waals surface area contributed by atoms with Crippen LogP contribution in [0.1, 0.15) is 24.5 Å². The Labute approximate surface area is 84.8 Å². The average Bonchev–Trinajstić information content (AvgIpc) is 2.67. The molecule has 0 unspecified atom stereocenters. The van der Waals surface area contributed by atoms with Gasteiger partial charge in [0.1, 0.15) is 0 Å². The first-order chi connectivity index (χ1) is 6.77. The third-order valence-electron chi connectivity index (χ3n) is 2.68. The number of rotatable bonds is 2. The summed E-state index contributed by atoms with van der Waals surface area (Å²) < 4.78 is 11.4. The van der Waals surface area contributed by atoms with Crippen molar-refractivity contribution in [1.82, 2.24) is 0 Å². The summed E-state index contributed by atoms with van der Waals surface area (Å²) in [6, 6.07) is 8.34. The molecule has 76 valence electrons. The topological polar surface area (TPSA) is 18.5 Å². The SMILES string of the molecule is CCC1(c2cccc(C)c2)OCCO1. The number of hydrogen-bond acceptors (Lipinski definition) is 2. The van der Waals surface area contributed by atoms with Crippen LogP contribution in [0.25, 0.3) is 0 Å². The van der Waals surface area contributed by atoms with Crippen LogP contribution in [0, 0.1) is 6.92 Å². The van der Waals surface area contributed by atoms with E-state index in [1.165, 1.54) is 5.56 Å². The van der Waals surface area contributed by atoms with Gasteiger partial charge in [-0.1, -0.05) is 36.8 Å². The number of benzene rings is 1. The number of aryl methyl sites for hydroxylation is 1. The van der Waals surface area contributed by atoms with Gasteiger partial charge in [-0.2, -0.15) is 0 Å². The maximum atomic E-state index is 5.71. The average molecular weight is 192 g/mol. The van der Waals surface area contributed by atoms with Crippen molar-refractivity contribution in [2.75, 3.05) is 13.2 Å². The van der Waals surface area contributed by atoms with Crippen LogP contribution >= 0.6 is 0 Å². The molecule has 2 rings (SSSR count). The molecule has 0 aliphatic carbocycles. The fourth-order valence-corrected chi connectivity index (χ4v) is 1.91. The lowest BCUT2D eigenvalue weighted by Crippen LogP contribution is -2.25. The zero-order chi connectivity index (χ0) is 10.0. The van der Waals surface area contributed by atoms with Gasteiger partial charge < -0.3 is 9.47 Å². The Morgan fingerprint density at radius 2 is 2.00 bits per heavy atom. The molecule has 0 aromatic heterocycles. The molecule has 0 atom stereocenters. The van der Waals surface area contributed by atoms with E-state index in [1.807, 2.05) is 6.07 Å². The van der Waals surface area contributed by atoms with E-state index < -0.39 is 5.79 Å². The largest absolute Gasteiger partial charge is 0.343 e. The second-order valence-electron chi connectivity index (χ2n) is 3.67. The third kappa shape index (κ3) is 1.56. The molecule has 1 saturated heterocycles. The van der Waals surface area contributed by atoms with E-state index >= 15 is 0 Å². The molecule has 1 aromatic carbocycles. The van der Waals surface area contributed by atoms with E-state index in [0.717, 1.165) is 12.0 Å². The van der Waals surface area contributed by atoms with Crippen molar-refractivity contribution < 1.29 is 9.47 Å². The van der Waals surface area contributed by atoms with E-state index in [-0.39, 0.29) is 0 Å². The molecule has 0 spiro atoms. The molecule has 1 fully saturated rings. The van der Waals surface area contributed by atoms with Crippen molar-refractivity contribution in [3.63, 3.8) is 0 Å². The van der Waals surface area contributed by atoms with Gasteiger partial charge in [-0.05, 0) is 6.92 Å². The Bertz CT molecular complexity index is 314. The second-order valence-corrected chi connectivity index (χ2v) is 3.67. The molecule has 0 saturated carbocycles. The van der Waals surface area contributed by atoms with Gasteiger partial charge in [0, 0.05) is 12.0 Å². The maximum Gasteiger partial charge on any atom is 0.194 e. The van der Waals surface area contributed by atoms with Crippen molar-refractivity contribution in [3.05, 3.63) is 35.4 Å². The quantitative estimate of drug-likeness (QED) is 0.717. The first kappa shape index (κ1) is 9.69. The summed E-state index contributed by atoms with van der Waals surface area (Å²) in [6.07, 6.45) is 0.858. The van der Waals surface area contributed by atoms with E-state index in [4.69, 9.17) is 9.47 Å². The minimum absolute atomic E-state index is 0.480. The smallest absolute Gasteiger partial charge is 0.194 e. The van der Waals surface area contributed by atoms with Gasteiger partial charge in [0.15, 0.2) is 5.79 Å². The normalized spacial score (nSPS) is 19.9. The van der Waals surface area contributed by atoms with Crippen LogP contribution in [0.3, 0.4) is 0 Å². The highest BCUT2D eigenvalue weighted by atomic mass is 16.7. The highest BCUT2D eigenvalue weighted by Crippen LogP contribution is 2.34. The van der Waals surface area contributed by atoms with Gasteiger partial charge in [-0.3, -0.25) is 0 Å².